The van der Waals surface area contributed by atoms with Crippen LogP contribution >= 0.6 is 0 Å². The van der Waals surface area contributed by atoms with Gasteiger partial charge in [-0.25, -0.2) is 4.90 Å². The molecule has 114 valence electrons. The second kappa shape index (κ2) is 5.36. The maximum absolute atomic E-state index is 6.70. The highest BCUT2D eigenvalue weighted by Gasteiger charge is 2.54. The van der Waals surface area contributed by atoms with Crippen molar-refractivity contribution in [2.24, 2.45) is 0 Å². The monoisotopic (exact) mass is 278 g/mol. The van der Waals surface area contributed by atoms with Crippen LogP contribution in [-0.2, 0) is 4.65 Å². The van der Waals surface area contributed by atoms with Crippen molar-refractivity contribution in [3.8, 4) is 0 Å². The minimum atomic E-state index is -0.786. The molecule has 20 heavy (non-hydrogen) atoms. The molecule has 3 aliphatic heterocycles. The first-order valence-corrected chi connectivity index (χ1v) is 8.74. The Morgan fingerprint density at radius 2 is 1.60 bits per heavy atom. The van der Waals surface area contributed by atoms with E-state index in [-0.39, 0.29) is 0 Å². The van der Waals surface area contributed by atoms with Gasteiger partial charge in [0.15, 0.2) is 6.34 Å². The third-order valence-electron chi connectivity index (χ3n) is 6.15. The first kappa shape index (κ1) is 14.4. The van der Waals surface area contributed by atoms with E-state index in [1.807, 2.05) is 0 Å². The Morgan fingerprint density at radius 3 is 2.05 bits per heavy atom. The van der Waals surface area contributed by atoms with Crippen LogP contribution in [0.25, 0.3) is 0 Å². The summed E-state index contributed by atoms with van der Waals surface area (Å²) in [5, 5.41) is 0. The van der Waals surface area contributed by atoms with E-state index in [1.54, 1.807) is 0 Å². The van der Waals surface area contributed by atoms with Crippen LogP contribution in [0.15, 0.2) is 0 Å². The molecule has 0 aromatic rings. The molecular weight excluding hydrogens is 247 g/mol. The molecule has 0 saturated carbocycles. The van der Waals surface area contributed by atoms with Gasteiger partial charge in [-0.3, -0.25) is 0 Å². The molecule has 0 aliphatic carbocycles. The fraction of sp³-hybridized carbons (Fsp3) is 0.938. The van der Waals surface area contributed by atoms with E-state index < -0.39 is 6.48 Å². The van der Waals surface area contributed by atoms with Gasteiger partial charge in [-0.2, -0.15) is 0 Å². The van der Waals surface area contributed by atoms with Crippen LogP contribution in [-0.4, -0.2) is 41.0 Å². The van der Waals surface area contributed by atoms with Gasteiger partial charge in [0.2, 0.25) is 0 Å². The third kappa shape index (κ3) is 2.11. The lowest BCUT2D eigenvalue weighted by atomic mass is 9.27. The van der Waals surface area contributed by atoms with Crippen molar-refractivity contribution in [3.05, 3.63) is 0 Å². The molecule has 2 fully saturated rings. The number of nitrogens with zero attached hydrogens (tertiary/aromatic N) is 2. The Bertz CT molecular complexity index is 372. The van der Waals surface area contributed by atoms with Crippen molar-refractivity contribution >= 4 is 12.8 Å². The molecule has 0 N–H and O–H groups in total. The second-order valence-electron chi connectivity index (χ2n) is 7.81. The maximum atomic E-state index is 6.70. The van der Waals surface area contributed by atoms with Crippen molar-refractivity contribution in [1.29, 1.82) is 0 Å². The zero-order valence-corrected chi connectivity index (χ0v) is 13.7. The van der Waals surface area contributed by atoms with Gasteiger partial charge in [0.05, 0.1) is 6.04 Å². The number of rotatable bonds is 2. The lowest BCUT2D eigenvalue weighted by Gasteiger charge is -2.60. The van der Waals surface area contributed by atoms with Crippen molar-refractivity contribution in [3.63, 3.8) is 0 Å². The quantitative estimate of drug-likeness (QED) is 0.716. The molecule has 3 heterocycles. The van der Waals surface area contributed by atoms with Gasteiger partial charge in [-0.1, -0.05) is 50.2 Å². The summed E-state index contributed by atoms with van der Waals surface area (Å²) in [7, 11) is 0. The van der Waals surface area contributed by atoms with E-state index >= 15 is 0 Å². The highest BCUT2D eigenvalue weighted by atomic mass is 16.5. The predicted molar refractivity (Wildman–Crippen MR) is 85.3 cm³/mol. The van der Waals surface area contributed by atoms with Gasteiger partial charge in [0.1, 0.15) is 6.73 Å². The van der Waals surface area contributed by atoms with E-state index in [1.165, 1.54) is 38.5 Å². The van der Waals surface area contributed by atoms with Gasteiger partial charge < -0.3 is 9.14 Å². The summed E-state index contributed by atoms with van der Waals surface area (Å²) in [4.78, 5) is 2.36. The van der Waals surface area contributed by atoms with Gasteiger partial charge >= 0.3 is 6.48 Å². The molecule has 1 spiro atoms. The predicted octanol–water partition coefficient (Wildman–Crippen LogP) is 3.68. The molecule has 3 aliphatic rings. The summed E-state index contributed by atoms with van der Waals surface area (Å²) in [6.07, 6.45) is 10.8. The molecule has 2 saturated heterocycles. The van der Waals surface area contributed by atoms with Gasteiger partial charge in [0, 0.05) is 6.04 Å². The molecule has 0 aromatic carbocycles. The van der Waals surface area contributed by atoms with Crippen molar-refractivity contribution in [2.75, 3.05) is 6.73 Å². The Kier molecular flexibility index (Phi) is 3.87. The highest BCUT2D eigenvalue weighted by molar-refractivity contribution is 6.70. The summed E-state index contributed by atoms with van der Waals surface area (Å²) < 4.78 is 9.34. The van der Waals surface area contributed by atoms with Crippen LogP contribution in [0.1, 0.15) is 66.2 Å². The minimum absolute atomic E-state index is 0.521. The molecule has 0 radical (unpaired) electrons. The zero-order chi connectivity index (χ0) is 14.3. The average molecular weight is 278 g/mol. The van der Waals surface area contributed by atoms with Crippen molar-refractivity contribution < 1.29 is 9.14 Å². The summed E-state index contributed by atoms with van der Waals surface area (Å²) in [6.45, 7) is 9.18. The van der Waals surface area contributed by atoms with Crippen LogP contribution < -0.4 is 0 Å². The van der Waals surface area contributed by atoms with Crippen LogP contribution in [0, 0.1) is 0 Å². The molecule has 3 nitrogen and oxygen atoms in total. The number of hydrogen-bond acceptors (Lipinski definition) is 2. The first-order chi connectivity index (χ1) is 9.55. The molecule has 4 heteroatoms. The van der Waals surface area contributed by atoms with Crippen LogP contribution in [0.3, 0.4) is 0 Å². The zero-order valence-electron chi connectivity index (χ0n) is 13.7. The van der Waals surface area contributed by atoms with Gasteiger partial charge in [-0.15, -0.1) is 0 Å². The van der Waals surface area contributed by atoms with Gasteiger partial charge in [-0.05, 0) is 27.7 Å². The molecule has 0 atom stereocenters. The summed E-state index contributed by atoms with van der Waals surface area (Å²) in [5.74, 6) is 1.60. The van der Waals surface area contributed by atoms with E-state index in [0.29, 0.717) is 12.1 Å². The van der Waals surface area contributed by atoms with Gasteiger partial charge in [0.25, 0.3) is 0 Å². The summed E-state index contributed by atoms with van der Waals surface area (Å²) in [5.41, 5.74) is 0. The molecular formula is C16H31BN2O. The van der Waals surface area contributed by atoms with Crippen LogP contribution in [0.2, 0.25) is 11.6 Å². The summed E-state index contributed by atoms with van der Waals surface area (Å²) >= 11 is 0. The SMILES string of the molecule is CC(C)N1C=[N+](C(C)C)[B-]2(OC1)C1CCCC2CCC1. The largest absolute Gasteiger partial charge is 0.520 e. The maximum Gasteiger partial charge on any atom is 0.318 e. The molecule has 0 aromatic heterocycles. The fourth-order valence-corrected chi connectivity index (χ4v) is 5.15. The Balaban J connectivity index is 2.00. The lowest BCUT2D eigenvalue weighted by Crippen LogP contribution is -2.67. The standard InChI is InChI=1S/C16H31BN2O/c1-13(2)18-11-19(14(3)4)17(20-12-18)15-7-5-8-16(17)10-6-9-15/h11,13-16H,5-10,12H2,1-4H3. The molecule has 3 rings (SSSR count). The smallest absolute Gasteiger partial charge is 0.318 e. The van der Waals surface area contributed by atoms with E-state index in [4.69, 9.17) is 4.65 Å². The normalized spacial score (nSPS) is 37.7. The molecule has 0 unspecified atom stereocenters. The fourth-order valence-electron chi connectivity index (χ4n) is 5.15. The Hall–Kier alpha value is -0.505. The average Bonchev–Trinajstić information content (AvgIpc) is 2.38. The van der Waals surface area contributed by atoms with Crippen LogP contribution in [0.4, 0.5) is 0 Å². The minimum Gasteiger partial charge on any atom is -0.520 e. The molecule has 2 bridgehead atoms. The van der Waals surface area contributed by atoms with Crippen molar-refractivity contribution in [1.82, 2.24) is 4.90 Å². The van der Waals surface area contributed by atoms with E-state index in [2.05, 4.69) is 43.4 Å². The summed E-state index contributed by atoms with van der Waals surface area (Å²) in [6, 6.07) is 1.06. The van der Waals surface area contributed by atoms with Crippen LogP contribution in [0.5, 0.6) is 0 Å². The molecule has 0 amide bonds. The lowest BCUT2D eigenvalue weighted by molar-refractivity contribution is -0.470. The van der Waals surface area contributed by atoms with E-state index in [9.17, 15) is 0 Å². The first-order valence-electron chi connectivity index (χ1n) is 8.74. The Labute approximate surface area is 124 Å². The second-order valence-corrected chi connectivity index (χ2v) is 7.81. The third-order valence-corrected chi connectivity index (χ3v) is 6.15. The highest BCUT2D eigenvalue weighted by Crippen LogP contribution is 2.54. The topological polar surface area (TPSA) is 15.5 Å². The van der Waals surface area contributed by atoms with Crippen molar-refractivity contribution in [2.45, 2.75) is 89.9 Å². The Morgan fingerprint density at radius 1 is 1.05 bits per heavy atom. The number of hydrogen-bond donors (Lipinski definition) is 0. The van der Waals surface area contributed by atoms with E-state index in [0.717, 1.165) is 18.4 Å².